The lowest BCUT2D eigenvalue weighted by Crippen LogP contribution is -2.31. The van der Waals surface area contributed by atoms with Crippen LogP contribution in [0.1, 0.15) is 60.7 Å². The number of carbonyl (C=O) groups is 1. The summed E-state index contributed by atoms with van der Waals surface area (Å²) in [5.74, 6) is 0.324. The number of phenols is 1. The van der Waals surface area contributed by atoms with Gasteiger partial charge in [0.05, 0.1) is 11.1 Å². The van der Waals surface area contributed by atoms with Gasteiger partial charge in [-0.25, -0.2) is 0 Å². The highest BCUT2D eigenvalue weighted by atomic mass is 16.5. The second kappa shape index (κ2) is 8.52. The van der Waals surface area contributed by atoms with Crippen molar-refractivity contribution in [1.82, 2.24) is 0 Å². The molecule has 0 amide bonds. The molecule has 0 bridgehead atoms. The predicted molar refractivity (Wildman–Crippen MR) is 119 cm³/mol. The van der Waals surface area contributed by atoms with E-state index >= 15 is 0 Å². The van der Waals surface area contributed by atoms with Gasteiger partial charge < -0.3 is 9.84 Å². The molecule has 1 aliphatic heterocycles. The second-order valence-corrected chi connectivity index (χ2v) is 8.05. The van der Waals surface area contributed by atoms with E-state index in [4.69, 9.17) is 4.74 Å². The van der Waals surface area contributed by atoms with Crippen molar-refractivity contribution in [3.8, 4) is 11.5 Å². The average Bonchev–Trinajstić information content (AvgIpc) is 2.66. The fraction of sp³-hybridized carbons (Fsp3) is 0.269. The summed E-state index contributed by atoms with van der Waals surface area (Å²) in [6.07, 6.45) is 11.0. The van der Waals surface area contributed by atoms with Gasteiger partial charge in [0.15, 0.2) is 5.78 Å². The molecule has 3 heteroatoms. The summed E-state index contributed by atoms with van der Waals surface area (Å²) >= 11 is 0. The fourth-order valence-electron chi connectivity index (χ4n) is 3.40. The molecule has 2 aromatic carbocycles. The molecule has 2 aromatic rings. The Balaban J connectivity index is 1.79. The van der Waals surface area contributed by atoms with E-state index in [-0.39, 0.29) is 17.1 Å². The third-order valence-corrected chi connectivity index (χ3v) is 5.05. The van der Waals surface area contributed by atoms with Gasteiger partial charge in [0.1, 0.15) is 17.1 Å². The van der Waals surface area contributed by atoms with Crippen LogP contribution in [0.2, 0.25) is 0 Å². The van der Waals surface area contributed by atoms with Crippen molar-refractivity contribution < 1.29 is 14.6 Å². The van der Waals surface area contributed by atoms with Gasteiger partial charge in [-0.1, -0.05) is 47.6 Å². The van der Waals surface area contributed by atoms with Crippen molar-refractivity contribution in [2.24, 2.45) is 0 Å². The zero-order chi connectivity index (χ0) is 21.0. The van der Waals surface area contributed by atoms with Crippen LogP contribution in [0.5, 0.6) is 11.5 Å². The number of hydrogen-bond donors (Lipinski definition) is 1. The molecule has 1 atom stereocenters. The Bertz CT molecular complexity index is 1010. The summed E-state index contributed by atoms with van der Waals surface area (Å²) in [4.78, 5) is 12.6. The van der Waals surface area contributed by atoms with Crippen LogP contribution in [-0.4, -0.2) is 16.5 Å². The molecule has 1 heterocycles. The summed E-state index contributed by atoms with van der Waals surface area (Å²) in [6.45, 7) is 8.21. The smallest absolute Gasteiger partial charge is 0.189 e. The lowest BCUT2D eigenvalue weighted by atomic mass is 9.93. The van der Waals surface area contributed by atoms with Gasteiger partial charge >= 0.3 is 0 Å². The van der Waals surface area contributed by atoms with Gasteiger partial charge in [-0.3, -0.25) is 4.79 Å². The van der Waals surface area contributed by atoms with E-state index in [9.17, 15) is 9.90 Å². The summed E-state index contributed by atoms with van der Waals surface area (Å²) in [5.41, 5.74) is 3.77. The van der Waals surface area contributed by atoms with Gasteiger partial charge in [0.2, 0.25) is 0 Å². The van der Waals surface area contributed by atoms with E-state index in [0.29, 0.717) is 11.3 Å². The molecule has 3 nitrogen and oxygen atoms in total. The molecule has 1 aliphatic rings. The molecule has 3 rings (SSSR count). The number of aryl methyl sites for hydroxylation is 1. The Morgan fingerprint density at radius 2 is 2.00 bits per heavy atom. The minimum atomic E-state index is -0.429. The van der Waals surface area contributed by atoms with Crippen LogP contribution >= 0.6 is 0 Å². The van der Waals surface area contributed by atoms with E-state index in [1.165, 1.54) is 11.6 Å². The van der Waals surface area contributed by atoms with Crippen molar-refractivity contribution in [1.29, 1.82) is 0 Å². The molecule has 0 fully saturated rings. The Morgan fingerprint density at radius 3 is 2.72 bits per heavy atom. The largest absolute Gasteiger partial charge is 0.506 e. The summed E-state index contributed by atoms with van der Waals surface area (Å²) < 4.78 is 6.15. The van der Waals surface area contributed by atoms with E-state index in [2.05, 4.69) is 19.9 Å². The van der Waals surface area contributed by atoms with Gasteiger partial charge in [-0.05, 0) is 76.5 Å². The maximum atomic E-state index is 12.6. The van der Waals surface area contributed by atoms with Gasteiger partial charge in [-0.15, -0.1) is 0 Å². The van der Waals surface area contributed by atoms with Crippen molar-refractivity contribution in [3.05, 3.63) is 82.5 Å². The number of carbonyl (C=O) groups excluding carboxylic acids is 1. The molecule has 0 saturated heterocycles. The first-order chi connectivity index (χ1) is 13.8. The lowest BCUT2D eigenvalue weighted by Gasteiger charge is -2.32. The Hall–Kier alpha value is -3.07. The van der Waals surface area contributed by atoms with Gasteiger partial charge in [0.25, 0.3) is 0 Å². The molecule has 1 N–H and O–H groups in total. The monoisotopic (exact) mass is 388 g/mol. The summed E-state index contributed by atoms with van der Waals surface area (Å²) in [6, 6.07) is 11.3. The average molecular weight is 389 g/mol. The van der Waals surface area contributed by atoms with Crippen LogP contribution in [0.3, 0.4) is 0 Å². The molecule has 0 aliphatic carbocycles. The lowest BCUT2D eigenvalue weighted by molar-refractivity contribution is 0.104. The van der Waals surface area contributed by atoms with Crippen molar-refractivity contribution in [3.63, 3.8) is 0 Å². The second-order valence-electron chi connectivity index (χ2n) is 8.05. The standard InChI is InChI=1S/C26H28O3/c1-18(2)7-6-15-26(4)16-14-22-24(29-26)13-11-21(25(22)28)23(27)12-10-20-9-5-8-19(3)17-20/h5,7-14,16-17,28H,6,15H2,1-4H3/b12-10+. The first kappa shape index (κ1) is 20.7. The van der Waals surface area contributed by atoms with Crippen LogP contribution < -0.4 is 4.74 Å². The van der Waals surface area contributed by atoms with Crippen molar-refractivity contribution >= 4 is 17.9 Å². The zero-order valence-electron chi connectivity index (χ0n) is 17.5. The minimum absolute atomic E-state index is 0.0380. The van der Waals surface area contributed by atoms with Crippen molar-refractivity contribution in [2.45, 2.75) is 46.1 Å². The van der Waals surface area contributed by atoms with Crippen LogP contribution in [0.4, 0.5) is 0 Å². The normalized spacial score (nSPS) is 17.7. The first-order valence-corrected chi connectivity index (χ1v) is 9.94. The van der Waals surface area contributed by atoms with E-state index in [1.807, 2.05) is 50.3 Å². The first-order valence-electron chi connectivity index (χ1n) is 9.94. The maximum absolute atomic E-state index is 12.6. The Morgan fingerprint density at radius 1 is 1.21 bits per heavy atom. The highest BCUT2D eigenvalue weighted by Gasteiger charge is 2.29. The van der Waals surface area contributed by atoms with E-state index in [0.717, 1.165) is 24.0 Å². The third-order valence-electron chi connectivity index (χ3n) is 5.05. The fourth-order valence-corrected chi connectivity index (χ4v) is 3.40. The number of ether oxygens (including phenoxy) is 1. The maximum Gasteiger partial charge on any atom is 0.189 e. The molecule has 0 aromatic heterocycles. The summed E-state index contributed by atoms with van der Waals surface area (Å²) in [5, 5.41) is 10.7. The van der Waals surface area contributed by atoms with Crippen LogP contribution in [0.15, 0.2) is 60.2 Å². The number of hydrogen-bond acceptors (Lipinski definition) is 3. The van der Waals surface area contributed by atoms with E-state index < -0.39 is 5.60 Å². The number of phenolic OH excluding ortho intramolecular Hbond substituents is 1. The number of rotatable bonds is 6. The number of allylic oxidation sites excluding steroid dienone is 3. The third kappa shape index (κ3) is 5.05. The van der Waals surface area contributed by atoms with Gasteiger partial charge in [0, 0.05) is 0 Å². The molecular formula is C26H28O3. The van der Waals surface area contributed by atoms with Crippen molar-refractivity contribution in [2.75, 3.05) is 0 Å². The highest BCUT2D eigenvalue weighted by Crippen LogP contribution is 2.40. The van der Waals surface area contributed by atoms with Gasteiger partial charge in [-0.2, -0.15) is 0 Å². The minimum Gasteiger partial charge on any atom is -0.506 e. The predicted octanol–water partition coefficient (Wildman–Crippen LogP) is 6.51. The number of ketones is 1. The Kier molecular flexibility index (Phi) is 6.07. The Labute approximate surface area is 173 Å². The molecular weight excluding hydrogens is 360 g/mol. The number of aromatic hydroxyl groups is 1. The van der Waals surface area contributed by atoms with Crippen LogP contribution in [0.25, 0.3) is 12.2 Å². The zero-order valence-corrected chi connectivity index (χ0v) is 17.5. The molecule has 29 heavy (non-hydrogen) atoms. The van der Waals surface area contributed by atoms with E-state index in [1.54, 1.807) is 18.2 Å². The number of benzene rings is 2. The SMILES string of the molecule is CC(C)=CCCC1(C)C=Cc2c(ccc(C(=O)/C=C/c3cccc(C)c3)c2O)O1. The topological polar surface area (TPSA) is 46.5 Å². The van der Waals surface area contributed by atoms with Crippen LogP contribution in [0, 0.1) is 6.92 Å². The highest BCUT2D eigenvalue weighted by molar-refractivity contribution is 6.09. The molecule has 0 radical (unpaired) electrons. The van der Waals surface area contributed by atoms with Crippen LogP contribution in [-0.2, 0) is 0 Å². The molecule has 150 valence electrons. The molecule has 0 saturated carbocycles. The molecule has 1 unspecified atom stereocenters. The molecule has 0 spiro atoms. The number of fused-ring (bicyclic) bond motifs is 1. The summed E-state index contributed by atoms with van der Waals surface area (Å²) in [7, 11) is 0. The quantitative estimate of drug-likeness (QED) is 0.349.